The van der Waals surface area contributed by atoms with Crippen molar-refractivity contribution in [2.45, 2.75) is 38.1 Å². The van der Waals surface area contributed by atoms with Gasteiger partial charge in [-0.05, 0) is 38.8 Å². The van der Waals surface area contributed by atoms with Crippen LogP contribution >= 0.6 is 11.8 Å². The third-order valence-corrected chi connectivity index (χ3v) is 4.39. The van der Waals surface area contributed by atoms with Gasteiger partial charge in [0.05, 0.1) is 5.25 Å². The van der Waals surface area contributed by atoms with Crippen LogP contribution in [0.5, 0.6) is 0 Å². The molecule has 0 fully saturated rings. The minimum Gasteiger partial charge on any atom is -0.325 e. The van der Waals surface area contributed by atoms with Crippen LogP contribution in [0.3, 0.4) is 0 Å². The Balaban J connectivity index is 2.09. The zero-order valence-electron chi connectivity index (χ0n) is 13.0. The molecule has 1 N–H and O–H groups in total. The molecule has 1 heterocycles. The molecule has 1 unspecified atom stereocenters. The van der Waals surface area contributed by atoms with Gasteiger partial charge < -0.3 is 9.88 Å². The Morgan fingerprint density at radius 3 is 2.43 bits per heavy atom. The van der Waals surface area contributed by atoms with Crippen molar-refractivity contribution in [1.29, 1.82) is 0 Å². The first-order valence-corrected chi connectivity index (χ1v) is 7.66. The second kappa shape index (κ2) is 6.30. The van der Waals surface area contributed by atoms with Gasteiger partial charge in [0, 0.05) is 12.7 Å². The quantitative estimate of drug-likeness (QED) is 0.882. The van der Waals surface area contributed by atoms with Crippen LogP contribution in [0.4, 0.5) is 5.69 Å². The standard InChI is InChI=1S/C15H20N4OS/c1-9-6-10(2)13(11(3)7-9)17-14(20)12(4)21-15-18-16-8-19(15)5/h6-8,12H,1-5H3,(H,17,20). The van der Waals surface area contributed by atoms with Gasteiger partial charge in [-0.15, -0.1) is 10.2 Å². The number of carbonyl (C=O) groups is 1. The number of aryl methyl sites for hydroxylation is 4. The average Bonchev–Trinajstić information content (AvgIpc) is 2.79. The number of nitrogens with zero attached hydrogens (tertiary/aromatic N) is 3. The Labute approximate surface area is 129 Å². The van der Waals surface area contributed by atoms with Gasteiger partial charge in [-0.3, -0.25) is 4.79 Å². The smallest absolute Gasteiger partial charge is 0.237 e. The molecule has 112 valence electrons. The Bertz CT molecular complexity index is 642. The summed E-state index contributed by atoms with van der Waals surface area (Å²) in [6, 6.07) is 4.15. The predicted molar refractivity (Wildman–Crippen MR) is 85.6 cm³/mol. The van der Waals surface area contributed by atoms with Crippen LogP contribution in [0.1, 0.15) is 23.6 Å². The fraction of sp³-hybridized carbons (Fsp3) is 0.400. The SMILES string of the molecule is Cc1cc(C)c(NC(=O)C(C)Sc2nncn2C)c(C)c1. The van der Waals surface area contributed by atoms with Gasteiger partial charge in [-0.2, -0.15) is 0 Å². The van der Waals surface area contributed by atoms with Crippen LogP contribution in [0.2, 0.25) is 0 Å². The summed E-state index contributed by atoms with van der Waals surface area (Å²) in [7, 11) is 1.86. The van der Waals surface area contributed by atoms with Crippen molar-refractivity contribution >= 4 is 23.4 Å². The van der Waals surface area contributed by atoms with E-state index in [1.807, 2.05) is 27.8 Å². The summed E-state index contributed by atoms with van der Waals surface area (Å²) >= 11 is 1.40. The lowest BCUT2D eigenvalue weighted by molar-refractivity contribution is -0.115. The van der Waals surface area contributed by atoms with Crippen molar-refractivity contribution in [2.24, 2.45) is 7.05 Å². The normalized spacial score (nSPS) is 12.2. The van der Waals surface area contributed by atoms with Crippen molar-refractivity contribution in [1.82, 2.24) is 14.8 Å². The van der Waals surface area contributed by atoms with E-state index in [1.165, 1.54) is 17.3 Å². The van der Waals surface area contributed by atoms with Gasteiger partial charge in [0.2, 0.25) is 5.91 Å². The number of anilines is 1. The molecule has 0 saturated heterocycles. The lowest BCUT2D eigenvalue weighted by Gasteiger charge is -2.15. The number of nitrogens with one attached hydrogen (secondary N) is 1. The Morgan fingerprint density at radius 2 is 1.90 bits per heavy atom. The highest BCUT2D eigenvalue weighted by atomic mass is 32.2. The first kappa shape index (κ1) is 15.6. The molecule has 0 aliphatic heterocycles. The van der Waals surface area contributed by atoms with Crippen molar-refractivity contribution in [2.75, 3.05) is 5.32 Å². The molecule has 1 atom stereocenters. The Kier molecular flexibility index (Phi) is 4.67. The topological polar surface area (TPSA) is 59.8 Å². The highest BCUT2D eigenvalue weighted by molar-refractivity contribution is 8.00. The number of thioether (sulfide) groups is 1. The molecule has 0 bridgehead atoms. The van der Waals surface area contributed by atoms with E-state index in [-0.39, 0.29) is 11.2 Å². The van der Waals surface area contributed by atoms with Gasteiger partial charge in [-0.1, -0.05) is 29.5 Å². The largest absolute Gasteiger partial charge is 0.325 e. The fourth-order valence-electron chi connectivity index (χ4n) is 2.19. The van der Waals surface area contributed by atoms with E-state index in [4.69, 9.17) is 0 Å². The van der Waals surface area contributed by atoms with Crippen LogP contribution < -0.4 is 5.32 Å². The molecule has 2 aromatic rings. The van der Waals surface area contributed by atoms with Crippen LogP contribution in [-0.2, 0) is 11.8 Å². The van der Waals surface area contributed by atoms with E-state index in [2.05, 4.69) is 34.6 Å². The molecule has 5 nitrogen and oxygen atoms in total. The third-order valence-electron chi connectivity index (χ3n) is 3.25. The number of hydrogen-bond donors (Lipinski definition) is 1. The molecule has 0 radical (unpaired) electrons. The lowest BCUT2D eigenvalue weighted by atomic mass is 10.1. The average molecular weight is 304 g/mol. The van der Waals surface area contributed by atoms with E-state index in [0.717, 1.165) is 22.0 Å². The van der Waals surface area contributed by atoms with Gasteiger partial charge >= 0.3 is 0 Å². The van der Waals surface area contributed by atoms with Crippen molar-refractivity contribution in [3.63, 3.8) is 0 Å². The van der Waals surface area contributed by atoms with Gasteiger partial charge in [-0.25, -0.2) is 0 Å². The molecule has 0 spiro atoms. The second-order valence-corrected chi connectivity index (χ2v) is 6.56. The molecule has 1 amide bonds. The van der Waals surface area contributed by atoms with E-state index in [9.17, 15) is 4.79 Å². The van der Waals surface area contributed by atoms with Crippen LogP contribution in [0.25, 0.3) is 0 Å². The molecule has 0 aliphatic carbocycles. The highest BCUT2D eigenvalue weighted by Crippen LogP contribution is 2.25. The van der Waals surface area contributed by atoms with Crippen LogP contribution in [0.15, 0.2) is 23.6 Å². The minimum atomic E-state index is -0.243. The number of rotatable bonds is 4. The van der Waals surface area contributed by atoms with E-state index >= 15 is 0 Å². The summed E-state index contributed by atoms with van der Waals surface area (Å²) in [5.74, 6) is -0.0296. The van der Waals surface area contributed by atoms with Gasteiger partial charge in [0.15, 0.2) is 5.16 Å². The van der Waals surface area contributed by atoms with Crippen molar-refractivity contribution in [3.8, 4) is 0 Å². The summed E-state index contributed by atoms with van der Waals surface area (Å²) in [6.07, 6.45) is 1.63. The van der Waals surface area contributed by atoms with Crippen molar-refractivity contribution in [3.05, 3.63) is 35.2 Å². The zero-order chi connectivity index (χ0) is 15.6. The van der Waals surface area contributed by atoms with E-state index < -0.39 is 0 Å². The number of carbonyl (C=O) groups excluding carboxylic acids is 1. The predicted octanol–water partition coefficient (Wildman–Crippen LogP) is 2.86. The summed E-state index contributed by atoms with van der Waals surface area (Å²) in [5, 5.41) is 11.3. The van der Waals surface area contributed by atoms with Crippen LogP contribution in [-0.4, -0.2) is 25.9 Å². The van der Waals surface area contributed by atoms with Crippen molar-refractivity contribution < 1.29 is 4.79 Å². The molecule has 2 rings (SSSR count). The maximum atomic E-state index is 12.3. The second-order valence-electron chi connectivity index (χ2n) is 5.25. The maximum Gasteiger partial charge on any atom is 0.237 e. The Hall–Kier alpha value is -1.82. The first-order valence-electron chi connectivity index (χ1n) is 6.78. The molecule has 1 aromatic carbocycles. The van der Waals surface area contributed by atoms with Gasteiger partial charge in [0.25, 0.3) is 0 Å². The molecular formula is C15H20N4OS. The fourth-order valence-corrected chi connectivity index (χ4v) is 2.98. The zero-order valence-corrected chi connectivity index (χ0v) is 13.8. The first-order chi connectivity index (χ1) is 9.88. The monoisotopic (exact) mass is 304 g/mol. The molecular weight excluding hydrogens is 284 g/mol. The minimum absolute atomic E-state index is 0.0296. The summed E-state index contributed by atoms with van der Waals surface area (Å²) in [6.45, 7) is 7.94. The lowest BCUT2D eigenvalue weighted by Crippen LogP contribution is -2.23. The van der Waals surface area contributed by atoms with E-state index in [0.29, 0.717) is 0 Å². The molecule has 21 heavy (non-hydrogen) atoms. The number of aromatic nitrogens is 3. The third kappa shape index (κ3) is 3.64. The summed E-state index contributed by atoms with van der Waals surface area (Å²) < 4.78 is 1.80. The maximum absolute atomic E-state index is 12.3. The van der Waals surface area contributed by atoms with Gasteiger partial charge in [0.1, 0.15) is 6.33 Å². The number of benzene rings is 1. The molecule has 6 heteroatoms. The number of amides is 1. The molecule has 1 aromatic heterocycles. The Morgan fingerprint density at radius 1 is 1.29 bits per heavy atom. The highest BCUT2D eigenvalue weighted by Gasteiger charge is 2.18. The summed E-state index contributed by atoms with van der Waals surface area (Å²) in [4.78, 5) is 12.3. The molecule has 0 aliphatic rings. The van der Waals surface area contributed by atoms with E-state index in [1.54, 1.807) is 10.9 Å². The van der Waals surface area contributed by atoms with Crippen LogP contribution in [0, 0.1) is 20.8 Å². The summed E-state index contributed by atoms with van der Waals surface area (Å²) in [5.41, 5.74) is 4.26. The number of hydrogen-bond acceptors (Lipinski definition) is 4. The molecule has 0 saturated carbocycles.